The summed E-state index contributed by atoms with van der Waals surface area (Å²) < 4.78 is 37.9. The summed E-state index contributed by atoms with van der Waals surface area (Å²) in [7, 11) is 0. The normalized spacial score (nSPS) is 11.4. The van der Waals surface area contributed by atoms with Gasteiger partial charge in [0.1, 0.15) is 40.6 Å². The Kier molecular flexibility index (Phi) is 4.52. The lowest BCUT2D eigenvalue weighted by molar-refractivity contribution is 0.216. The van der Waals surface area contributed by atoms with Gasteiger partial charge < -0.3 is 14.2 Å². The minimum atomic E-state index is -1.21. The summed E-state index contributed by atoms with van der Waals surface area (Å²) >= 11 is 0. The molecular formula is C21H16F2N2O3. The minimum Gasteiger partial charge on any atom is -0.383 e. The fraction of sp³-hybridized carbons (Fsp3) is 0.143. The van der Waals surface area contributed by atoms with Crippen molar-refractivity contribution in [1.82, 2.24) is 10.3 Å². The maximum absolute atomic E-state index is 13.7. The molecule has 0 aliphatic heterocycles. The van der Waals surface area contributed by atoms with E-state index in [2.05, 4.69) is 10.3 Å². The highest BCUT2D eigenvalue weighted by Gasteiger charge is 2.29. The Labute approximate surface area is 159 Å². The van der Waals surface area contributed by atoms with Crippen molar-refractivity contribution in [2.24, 2.45) is 0 Å². The van der Waals surface area contributed by atoms with Crippen LogP contribution in [-0.4, -0.2) is 15.4 Å². The molecule has 142 valence electrons. The van der Waals surface area contributed by atoms with Gasteiger partial charge in [-0.25, -0.2) is 8.78 Å². The maximum Gasteiger partial charge on any atom is 0.140 e. The number of nitrogens with zero attached hydrogens (tertiary/aromatic N) is 2. The SMILES string of the molecule is Cc1onc(-c2cccc(F)c2)c1C(O)c1c(-c2cccc(F)c2)noc1C. The standard InChI is InChI=1S/C21H16F2N2O3/c1-11-17(19(24-27-11)13-5-3-7-15(22)9-13)21(26)18-12(2)28-25-20(18)14-6-4-8-16(23)10-14/h3-10,21,26H,1-2H3. The monoisotopic (exact) mass is 382 g/mol. The van der Waals surface area contributed by atoms with E-state index in [1.54, 1.807) is 38.1 Å². The fourth-order valence-electron chi connectivity index (χ4n) is 3.23. The number of hydrogen-bond acceptors (Lipinski definition) is 5. The molecule has 4 rings (SSSR count). The van der Waals surface area contributed by atoms with Gasteiger partial charge in [-0.15, -0.1) is 0 Å². The molecule has 1 N–H and O–H groups in total. The lowest BCUT2D eigenvalue weighted by atomic mass is 9.93. The Morgan fingerprint density at radius 3 is 1.61 bits per heavy atom. The van der Waals surface area contributed by atoms with Crippen molar-refractivity contribution in [1.29, 1.82) is 0 Å². The molecule has 28 heavy (non-hydrogen) atoms. The summed E-state index contributed by atoms with van der Waals surface area (Å²) in [5.41, 5.74) is 2.30. The molecule has 0 aliphatic rings. The number of aryl methyl sites for hydroxylation is 2. The fourth-order valence-corrected chi connectivity index (χ4v) is 3.23. The van der Waals surface area contributed by atoms with Crippen LogP contribution in [-0.2, 0) is 0 Å². The van der Waals surface area contributed by atoms with Crippen LogP contribution in [0.4, 0.5) is 8.78 Å². The van der Waals surface area contributed by atoms with E-state index in [0.717, 1.165) is 0 Å². The van der Waals surface area contributed by atoms with E-state index >= 15 is 0 Å². The lowest BCUT2D eigenvalue weighted by Gasteiger charge is -2.12. The first-order valence-corrected chi connectivity index (χ1v) is 8.58. The van der Waals surface area contributed by atoms with Gasteiger partial charge in [-0.1, -0.05) is 34.6 Å². The number of aliphatic hydroxyl groups is 1. The molecule has 0 atom stereocenters. The Balaban J connectivity index is 1.85. The number of aromatic nitrogens is 2. The molecule has 5 nitrogen and oxygen atoms in total. The second kappa shape index (κ2) is 7.01. The van der Waals surface area contributed by atoms with Crippen LogP contribution in [0.1, 0.15) is 28.8 Å². The molecule has 0 aliphatic carbocycles. The van der Waals surface area contributed by atoms with E-state index in [1.807, 2.05) is 0 Å². The molecule has 0 amide bonds. The molecule has 7 heteroatoms. The van der Waals surface area contributed by atoms with Gasteiger partial charge in [-0.3, -0.25) is 0 Å². The van der Waals surface area contributed by atoms with Crippen LogP contribution in [0, 0.1) is 25.5 Å². The van der Waals surface area contributed by atoms with Crippen LogP contribution in [0.15, 0.2) is 57.6 Å². The number of aliphatic hydroxyl groups excluding tert-OH is 1. The summed E-state index contributed by atoms with van der Waals surface area (Å²) in [4.78, 5) is 0. The first kappa shape index (κ1) is 18.1. The maximum atomic E-state index is 13.7. The average Bonchev–Trinajstić information content (AvgIpc) is 3.24. The Morgan fingerprint density at radius 2 is 1.21 bits per heavy atom. The van der Waals surface area contributed by atoms with Crippen molar-refractivity contribution in [3.05, 3.63) is 82.8 Å². The summed E-state index contributed by atoms with van der Waals surface area (Å²) in [6, 6.07) is 11.7. The largest absolute Gasteiger partial charge is 0.383 e. The second-order valence-corrected chi connectivity index (χ2v) is 6.43. The molecule has 0 radical (unpaired) electrons. The quantitative estimate of drug-likeness (QED) is 0.539. The molecule has 2 aromatic heterocycles. The number of hydrogen-bond donors (Lipinski definition) is 1. The van der Waals surface area contributed by atoms with E-state index in [-0.39, 0.29) is 0 Å². The molecule has 0 fully saturated rings. The highest BCUT2D eigenvalue weighted by atomic mass is 19.1. The molecule has 2 heterocycles. The Hall–Kier alpha value is -3.32. The van der Waals surface area contributed by atoms with Crippen molar-refractivity contribution in [3.8, 4) is 22.5 Å². The molecule has 4 aromatic rings. The molecular weight excluding hydrogens is 366 g/mol. The van der Waals surface area contributed by atoms with Gasteiger partial charge >= 0.3 is 0 Å². The molecule has 0 saturated heterocycles. The molecule has 0 bridgehead atoms. The third kappa shape index (κ3) is 3.10. The summed E-state index contributed by atoms with van der Waals surface area (Å²) in [5.74, 6) is -0.115. The minimum absolute atomic E-state index is 0.315. The van der Waals surface area contributed by atoms with Crippen LogP contribution in [0.5, 0.6) is 0 Å². The number of benzene rings is 2. The first-order chi connectivity index (χ1) is 13.5. The van der Waals surface area contributed by atoms with Crippen LogP contribution >= 0.6 is 0 Å². The van der Waals surface area contributed by atoms with Crippen LogP contribution in [0.25, 0.3) is 22.5 Å². The van der Waals surface area contributed by atoms with Crippen molar-refractivity contribution < 1.29 is 22.9 Å². The number of rotatable bonds is 4. The predicted octanol–water partition coefficient (Wildman–Crippen LogP) is 4.97. The molecule has 0 spiro atoms. The van der Waals surface area contributed by atoms with Crippen molar-refractivity contribution in [2.45, 2.75) is 20.0 Å². The van der Waals surface area contributed by atoms with Gasteiger partial charge in [0.25, 0.3) is 0 Å². The van der Waals surface area contributed by atoms with Crippen molar-refractivity contribution in [3.63, 3.8) is 0 Å². The zero-order chi connectivity index (χ0) is 19.8. The topological polar surface area (TPSA) is 72.3 Å². The highest BCUT2D eigenvalue weighted by Crippen LogP contribution is 2.39. The Bertz CT molecular complexity index is 1060. The summed E-state index contributed by atoms with van der Waals surface area (Å²) in [6.45, 7) is 3.30. The third-order valence-corrected chi connectivity index (χ3v) is 4.56. The number of halogens is 2. The van der Waals surface area contributed by atoms with Crippen LogP contribution < -0.4 is 0 Å². The molecule has 0 saturated carbocycles. The van der Waals surface area contributed by atoms with E-state index in [4.69, 9.17) is 9.05 Å². The first-order valence-electron chi connectivity index (χ1n) is 8.58. The zero-order valence-electron chi connectivity index (χ0n) is 15.1. The van der Waals surface area contributed by atoms with Gasteiger partial charge in [0.15, 0.2) is 0 Å². The second-order valence-electron chi connectivity index (χ2n) is 6.43. The van der Waals surface area contributed by atoms with E-state index < -0.39 is 17.7 Å². The van der Waals surface area contributed by atoms with Crippen molar-refractivity contribution >= 4 is 0 Å². The molecule has 0 unspecified atom stereocenters. The van der Waals surface area contributed by atoms with E-state index in [1.165, 1.54) is 24.3 Å². The van der Waals surface area contributed by atoms with Crippen molar-refractivity contribution in [2.75, 3.05) is 0 Å². The van der Waals surface area contributed by atoms with Gasteiger partial charge in [0.2, 0.25) is 0 Å². The van der Waals surface area contributed by atoms with E-state index in [0.29, 0.717) is 45.2 Å². The summed E-state index contributed by atoms with van der Waals surface area (Å²) in [6.07, 6.45) is -1.21. The third-order valence-electron chi connectivity index (χ3n) is 4.56. The average molecular weight is 382 g/mol. The van der Waals surface area contributed by atoms with Gasteiger partial charge in [-0.2, -0.15) is 0 Å². The zero-order valence-corrected chi connectivity index (χ0v) is 15.1. The summed E-state index contributed by atoms with van der Waals surface area (Å²) in [5, 5.41) is 19.1. The van der Waals surface area contributed by atoms with Gasteiger partial charge in [0.05, 0.1) is 11.1 Å². The Morgan fingerprint density at radius 1 is 0.786 bits per heavy atom. The smallest absolute Gasteiger partial charge is 0.140 e. The molecule has 2 aromatic carbocycles. The van der Waals surface area contributed by atoms with Crippen LogP contribution in [0.3, 0.4) is 0 Å². The van der Waals surface area contributed by atoms with Gasteiger partial charge in [-0.05, 0) is 38.1 Å². The lowest BCUT2D eigenvalue weighted by Crippen LogP contribution is -2.04. The van der Waals surface area contributed by atoms with E-state index in [9.17, 15) is 13.9 Å². The van der Waals surface area contributed by atoms with Crippen LogP contribution in [0.2, 0.25) is 0 Å². The predicted molar refractivity (Wildman–Crippen MR) is 97.3 cm³/mol. The van der Waals surface area contributed by atoms with Gasteiger partial charge in [0, 0.05) is 11.1 Å². The highest BCUT2D eigenvalue weighted by molar-refractivity contribution is 5.69.